The van der Waals surface area contributed by atoms with Crippen molar-refractivity contribution in [3.63, 3.8) is 0 Å². The van der Waals surface area contributed by atoms with Gasteiger partial charge in [-0.2, -0.15) is 0 Å². The molecule has 1 atom stereocenters. The van der Waals surface area contributed by atoms with E-state index in [0.29, 0.717) is 6.54 Å². The molecule has 21 heavy (non-hydrogen) atoms. The van der Waals surface area contributed by atoms with Crippen LogP contribution >= 0.6 is 12.4 Å². The van der Waals surface area contributed by atoms with E-state index in [4.69, 9.17) is 10.5 Å². The first-order valence-corrected chi connectivity index (χ1v) is 6.90. The molecule has 1 aromatic carbocycles. The van der Waals surface area contributed by atoms with Gasteiger partial charge in [-0.1, -0.05) is 39.0 Å². The molecule has 0 aliphatic heterocycles. The maximum Gasteiger partial charge on any atom is 0.239 e. The molecule has 2 N–H and O–H groups in total. The molecule has 0 radical (unpaired) electrons. The van der Waals surface area contributed by atoms with Crippen molar-refractivity contribution < 1.29 is 9.53 Å². The fraction of sp³-hybridized carbons (Fsp3) is 0.562. The lowest BCUT2D eigenvalue weighted by molar-refractivity contribution is -0.133. The normalized spacial score (nSPS) is 12.3. The van der Waals surface area contributed by atoms with E-state index in [1.807, 2.05) is 45.0 Å². The Morgan fingerprint density at radius 3 is 2.43 bits per heavy atom. The largest absolute Gasteiger partial charge is 0.496 e. The number of carbonyl (C=O) groups is 1. The second-order valence-corrected chi connectivity index (χ2v) is 6.17. The lowest BCUT2D eigenvalue weighted by Crippen LogP contribution is -2.49. The summed E-state index contributed by atoms with van der Waals surface area (Å²) in [6.07, 6.45) is 0.753. The SMILES string of the molecule is COc1ccccc1CCN(C)C(=O)[C@@H](N)C(C)(C)C.Cl. The van der Waals surface area contributed by atoms with Gasteiger partial charge in [-0.15, -0.1) is 12.4 Å². The zero-order valence-corrected chi connectivity index (χ0v) is 14.4. The zero-order valence-electron chi connectivity index (χ0n) is 13.6. The van der Waals surface area contributed by atoms with Crippen LogP contribution in [0, 0.1) is 5.41 Å². The van der Waals surface area contributed by atoms with Gasteiger partial charge in [0.2, 0.25) is 5.91 Å². The summed E-state index contributed by atoms with van der Waals surface area (Å²) in [5, 5.41) is 0. The Hall–Kier alpha value is -1.26. The highest BCUT2D eigenvalue weighted by Crippen LogP contribution is 2.20. The first kappa shape index (κ1) is 19.7. The molecular weight excluding hydrogens is 288 g/mol. The third-order valence-corrected chi connectivity index (χ3v) is 3.48. The molecule has 0 aliphatic carbocycles. The first-order valence-electron chi connectivity index (χ1n) is 6.90. The monoisotopic (exact) mass is 314 g/mol. The molecule has 0 aromatic heterocycles. The molecule has 0 heterocycles. The average molecular weight is 315 g/mol. The van der Waals surface area contributed by atoms with E-state index >= 15 is 0 Å². The number of para-hydroxylation sites is 1. The molecule has 0 unspecified atom stereocenters. The van der Waals surface area contributed by atoms with Crippen LogP contribution in [0.3, 0.4) is 0 Å². The quantitative estimate of drug-likeness (QED) is 0.908. The van der Waals surface area contributed by atoms with Crippen LogP contribution < -0.4 is 10.5 Å². The maximum absolute atomic E-state index is 12.2. The van der Waals surface area contributed by atoms with Crippen molar-refractivity contribution in [1.29, 1.82) is 0 Å². The van der Waals surface area contributed by atoms with E-state index in [9.17, 15) is 4.79 Å². The molecule has 0 saturated carbocycles. The number of carbonyl (C=O) groups excluding carboxylic acids is 1. The van der Waals surface area contributed by atoms with E-state index in [1.54, 1.807) is 19.1 Å². The lowest BCUT2D eigenvalue weighted by Gasteiger charge is -2.30. The number of nitrogens with two attached hydrogens (primary N) is 1. The Morgan fingerprint density at radius 1 is 1.33 bits per heavy atom. The van der Waals surface area contributed by atoms with Crippen LogP contribution in [0.1, 0.15) is 26.3 Å². The van der Waals surface area contributed by atoms with Gasteiger partial charge < -0.3 is 15.4 Å². The molecular formula is C16H27ClN2O2. The van der Waals surface area contributed by atoms with Crippen molar-refractivity contribution in [1.82, 2.24) is 4.90 Å². The number of rotatable bonds is 5. The minimum Gasteiger partial charge on any atom is -0.496 e. The molecule has 0 bridgehead atoms. The number of amides is 1. The Kier molecular flexibility index (Phi) is 7.75. The van der Waals surface area contributed by atoms with Crippen LogP contribution in [0.4, 0.5) is 0 Å². The minimum absolute atomic E-state index is 0. The highest BCUT2D eigenvalue weighted by Gasteiger charge is 2.29. The van der Waals surface area contributed by atoms with E-state index in [-0.39, 0.29) is 23.7 Å². The van der Waals surface area contributed by atoms with Gasteiger partial charge in [0.05, 0.1) is 13.2 Å². The van der Waals surface area contributed by atoms with Gasteiger partial charge in [0.1, 0.15) is 5.75 Å². The first-order chi connectivity index (χ1) is 9.27. The van der Waals surface area contributed by atoms with Crippen LogP contribution in [0.5, 0.6) is 5.75 Å². The summed E-state index contributed by atoms with van der Waals surface area (Å²) in [7, 11) is 3.45. The number of hydrogen-bond acceptors (Lipinski definition) is 3. The smallest absolute Gasteiger partial charge is 0.239 e. The van der Waals surface area contributed by atoms with E-state index in [0.717, 1.165) is 17.7 Å². The van der Waals surface area contributed by atoms with Crippen molar-refractivity contribution >= 4 is 18.3 Å². The number of nitrogens with zero attached hydrogens (tertiary/aromatic N) is 1. The number of halogens is 1. The summed E-state index contributed by atoms with van der Waals surface area (Å²) < 4.78 is 5.31. The van der Waals surface area contributed by atoms with Crippen molar-refractivity contribution in [2.24, 2.45) is 11.1 Å². The predicted octanol–water partition coefficient (Wildman–Crippen LogP) is 2.49. The summed E-state index contributed by atoms with van der Waals surface area (Å²) in [5.41, 5.74) is 6.87. The number of hydrogen-bond donors (Lipinski definition) is 1. The Bertz CT molecular complexity index is 458. The van der Waals surface area contributed by atoms with Crippen LogP contribution in [0.15, 0.2) is 24.3 Å². The number of likely N-dealkylation sites (N-methyl/N-ethyl adjacent to an activating group) is 1. The molecule has 0 spiro atoms. The molecule has 1 rings (SSSR count). The second kappa shape index (κ2) is 8.25. The Balaban J connectivity index is 0.00000400. The van der Waals surface area contributed by atoms with Gasteiger partial charge >= 0.3 is 0 Å². The standard InChI is InChI=1S/C16H26N2O2.ClH/c1-16(2,3)14(17)15(19)18(4)11-10-12-8-6-7-9-13(12)20-5;/h6-9,14H,10-11,17H2,1-5H3;1H/t14-;/m1./s1. The van der Waals surface area contributed by atoms with E-state index < -0.39 is 6.04 Å². The number of ether oxygens (including phenoxy) is 1. The van der Waals surface area contributed by atoms with E-state index in [1.165, 1.54) is 0 Å². The predicted molar refractivity (Wildman–Crippen MR) is 89.0 cm³/mol. The van der Waals surface area contributed by atoms with E-state index in [2.05, 4.69) is 0 Å². The van der Waals surface area contributed by atoms with Crippen molar-refractivity contribution in [3.05, 3.63) is 29.8 Å². The van der Waals surface area contributed by atoms with Crippen molar-refractivity contribution in [2.75, 3.05) is 20.7 Å². The fourth-order valence-corrected chi connectivity index (χ4v) is 1.92. The van der Waals surface area contributed by atoms with Gasteiger partial charge in [-0.25, -0.2) is 0 Å². The summed E-state index contributed by atoms with van der Waals surface area (Å²) in [6.45, 7) is 6.56. The summed E-state index contributed by atoms with van der Waals surface area (Å²) in [4.78, 5) is 13.9. The fourth-order valence-electron chi connectivity index (χ4n) is 1.92. The molecule has 1 aromatic rings. The highest BCUT2D eigenvalue weighted by molar-refractivity contribution is 5.85. The Labute approximate surface area is 134 Å². The molecule has 5 heteroatoms. The summed E-state index contributed by atoms with van der Waals surface area (Å²) in [5.74, 6) is 0.834. The molecule has 0 saturated heterocycles. The molecule has 120 valence electrons. The minimum atomic E-state index is -0.481. The molecule has 4 nitrogen and oxygen atoms in total. The van der Waals surface area contributed by atoms with Crippen molar-refractivity contribution in [2.45, 2.75) is 33.2 Å². The maximum atomic E-state index is 12.2. The number of methoxy groups -OCH3 is 1. The summed E-state index contributed by atoms with van der Waals surface area (Å²) in [6, 6.07) is 7.37. The summed E-state index contributed by atoms with van der Waals surface area (Å²) >= 11 is 0. The Morgan fingerprint density at radius 2 is 1.90 bits per heavy atom. The number of benzene rings is 1. The second-order valence-electron chi connectivity index (χ2n) is 6.17. The van der Waals surface area contributed by atoms with Gasteiger partial charge in [-0.3, -0.25) is 4.79 Å². The van der Waals surface area contributed by atoms with Crippen LogP contribution in [-0.2, 0) is 11.2 Å². The molecule has 0 fully saturated rings. The van der Waals surface area contributed by atoms with Gasteiger partial charge in [0.25, 0.3) is 0 Å². The third kappa shape index (κ3) is 5.56. The van der Waals surface area contributed by atoms with Gasteiger partial charge in [-0.05, 0) is 23.5 Å². The van der Waals surface area contributed by atoms with Gasteiger partial charge in [0, 0.05) is 13.6 Å². The molecule has 0 aliphatic rings. The van der Waals surface area contributed by atoms with Crippen LogP contribution in [-0.4, -0.2) is 37.6 Å². The van der Waals surface area contributed by atoms with Gasteiger partial charge in [0.15, 0.2) is 0 Å². The zero-order chi connectivity index (χ0) is 15.3. The average Bonchev–Trinajstić information content (AvgIpc) is 2.42. The lowest BCUT2D eigenvalue weighted by atomic mass is 9.86. The molecule has 1 amide bonds. The highest BCUT2D eigenvalue weighted by atomic mass is 35.5. The van der Waals surface area contributed by atoms with Crippen LogP contribution in [0.25, 0.3) is 0 Å². The third-order valence-electron chi connectivity index (χ3n) is 3.48. The topological polar surface area (TPSA) is 55.6 Å². The van der Waals surface area contributed by atoms with Crippen LogP contribution in [0.2, 0.25) is 0 Å². The van der Waals surface area contributed by atoms with Crippen molar-refractivity contribution in [3.8, 4) is 5.75 Å².